The quantitative estimate of drug-likeness (QED) is 0.804. The van der Waals surface area contributed by atoms with Crippen molar-refractivity contribution in [1.82, 2.24) is 0 Å². The van der Waals surface area contributed by atoms with Gasteiger partial charge in [0.1, 0.15) is 23.0 Å². The molecule has 1 aliphatic heterocycles. The van der Waals surface area contributed by atoms with Gasteiger partial charge < -0.3 is 14.9 Å². The van der Waals surface area contributed by atoms with Crippen molar-refractivity contribution in [1.29, 1.82) is 0 Å². The first-order valence-corrected chi connectivity index (χ1v) is 6.15. The number of benzene rings is 1. The van der Waals surface area contributed by atoms with Crippen molar-refractivity contribution < 1.29 is 14.9 Å². The van der Waals surface area contributed by atoms with Crippen LogP contribution in [0.15, 0.2) is 65.7 Å². The molecule has 0 radical (unpaired) electrons. The van der Waals surface area contributed by atoms with Gasteiger partial charge in [0, 0.05) is 23.1 Å². The molecule has 1 unspecified atom stereocenters. The van der Waals surface area contributed by atoms with Crippen LogP contribution in [0.25, 0.3) is 5.76 Å². The standard InChI is InChI=1S/C16H14O3/c1-10-8-13(18)9-16-14(10)6-7-15(19-16)11-2-4-12(17)5-3-11/h2-10,17-18H,1H3. The summed E-state index contributed by atoms with van der Waals surface area (Å²) in [5, 5.41) is 18.9. The molecule has 2 N–H and O–H groups in total. The highest BCUT2D eigenvalue weighted by molar-refractivity contribution is 5.67. The Hall–Kier alpha value is -2.42. The number of phenols is 1. The molecule has 1 aromatic carbocycles. The summed E-state index contributed by atoms with van der Waals surface area (Å²) in [4.78, 5) is 0. The van der Waals surface area contributed by atoms with Gasteiger partial charge in [-0.1, -0.05) is 13.0 Å². The summed E-state index contributed by atoms with van der Waals surface area (Å²) in [5.41, 5.74) is 1.94. The molecule has 0 fully saturated rings. The third-order valence-corrected chi connectivity index (χ3v) is 3.26. The monoisotopic (exact) mass is 254 g/mol. The highest BCUT2D eigenvalue weighted by Gasteiger charge is 2.22. The minimum atomic E-state index is 0.137. The van der Waals surface area contributed by atoms with Crippen molar-refractivity contribution in [3.05, 3.63) is 71.2 Å². The minimum absolute atomic E-state index is 0.137. The summed E-state index contributed by atoms with van der Waals surface area (Å²) in [5.74, 6) is 1.97. The Balaban J connectivity index is 1.96. The van der Waals surface area contributed by atoms with Crippen molar-refractivity contribution in [3.63, 3.8) is 0 Å². The molecule has 0 saturated heterocycles. The van der Waals surface area contributed by atoms with Crippen molar-refractivity contribution in [3.8, 4) is 5.75 Å². The van der Waals surface area contributed by atoms with Crippen molar-refractivity contribution >= 4 is 5.76 Å². The first-order valence-electron chi connectivity index (χ1n) is 6.15. The van der Waals surface area contributed by atoms with Crippen LogP contribution in [0.3, 0.4) is 0 Å². The summed E-state index contributed by atoms with van der Waals surface area (Å²) < 4.78 is 5.83. The van der Waals surface area contributed by atoms with Crippen LogP contribution in [0.5, 0.6) is 5.75 Å². The lowest BCUT2D eigenvalue weighted by atomic mass is 9.92. The van der Waals surface area contributed by atoms with Crippen LogP contribution in [0, 0.1) is 5.92 Å². The van der Waals surface area contributed by atoms with Gasteiger partial charge in [-0.3, -0.25) is 0 Å². The molecule has 0 bridgehead atoms. The number of rotatable bonds is 1. The molecule has 96 valence electrons. The molecule has 0 aromatic heterocycles. The van der Waals surface area contributed by atoms with Gasteiger partial charge in [0.25, 0.3) is 0 Å². The maximum atomic E-state index is 9.64. The van der Waals surface area contributed by atoms with Crippen molar-refractivity contribution in [2.45, 2.75) is 6.92 Å². The predicted octanol–water partition coefficient (Wildman–Crippen LogP) is 3.67. The summed E-state index contributed by atoms with van der Waals surface area (Å²) in [6.07, 6.45) is 7.33. The average Bonchev–Trinajstić information content (AvgIpc) is 2.38. The van der Waals surface area contributed by atoms with Gasteiger partial charge in [0.15, 0.2) is 0 Å². The first kappa shape index (κ1) is 11.7. The number of hydrogen-bond acceptors (Lipinski definition) is 3. The third-order valence-electron chi connectivity index (χ3n) is 3.26. The van der Waals surface area contributed by atoms with Crippen LogP contribution in [-0.2, 0) is 4.74 Å². The van der Waals surface area contributed by atoms with E-state index >= 15 is 0 Å². The molecule has 3 rings (SSSR count). The summed E-state index contributed by atoms with van der Waals surface area (Å²) >= 11 is 0. The zero-order valence-electron chi connectivity index (χ0n) is 10.5. The van der Waals surface area contributed by atoms with E-state index in [2.05, 4.69) is 0 Å². The minimum Gasteiger partial charge on any atom is -0.508 e. The van der Waals surface area contributed by atoms with Crippen molar-refractivity contribution in [2.24, 2.45) is 5.92 Å². The maximum absolute atomic E-state index is 9.64. The van der Waals surface area contributed by atoms with Crippen LogP contribution < -0.4 is 0 Å². The Morgan fingerprint density at radius 2 is 1.74 bits per heavy atom. The number of fused-ring (bicyclic) bond motifs is 1. The normalized spacial score (nSPS) is 21.4. The lowest BCUT2D eigenvalue weighted by molar-refractivity contribution is 0.359. The highest BCUT2D eigenvalue weighted by Crippen LogP contribution is 2.35. The van der Waals surface area contributed by atoms with Gasteiger partial charge in [-0.05, 0) is 36.4 Å². The van der Waals surface area contributed by atoms with Gasteiger partial charge >= 0.3 is 0 Å². The predicted molar refractivity (Wildman–Crippen MR) is 73.2 cm³/mol. The number of hydrogen-bond donors (Lipinski definition) is 2. The van der Waals surface area contributed by atoms with Gasteiger partial charge in [-0.15, -0.1) is 0 Å². The second kappa shape index (κ2) is 4.35. The lowest BCUT2D eigenvalue weighted by Crippen LogP contribution is -2.11. The Labute approximate surface area is 111 Å². The molecule has 2 aliphatic rings. The Morgan fingerprint density at radius 1 is 1.00 bits per heavy atom. The van der Waals surface area contributed by atoms with E-state index in [9.17, 15) is 10.2 Å². The molecule has 19 heavy (non-hydrogen) atoms. The second-order valence-electron chi connectivity index (χ2n) is 4.69. The number of aromatic hydroxyl groups is 1. The van der Waals surface area contributed by atoms with E-state index in [1.54, 1.807) is 36.4 Å². The Morgan fingerprint density at radius 3 is 2.47 bits per heavy atom. The number of allylic oxidation sites excluding steroid dienone is 5. The van der Waals surface area contributed by atoms with Crippen molar-refractivity contribution in [2.75, 3.05) is 0 Å². The Bertz CT molecular complexity index is 630. The van der Waals surface area contributed by atoms with Crippen LogP contribution in [0.1, 0.15) is 12.5 Å². The number of ether oxygens (including phenoxy) is 1. The molecule has 1 atom stereocenters. The molecule has 3 heteroatoms. The van der Waals surface area contributed by atoms with E-state index in [1.165, 1.54) is 0 Å². The second-order valence-corrected chi connectivity index (χ2v) is 4.69. The molecule has 0 amide bonds. The molecule has 1 heterocycles. The molecular weight excluding hydrogens is 240 g/mol. The molecule has 0 saturated carbocycles. The smallest absolute Gasteiger partial charge is 0.134 e. The molecular formula is C16H14O3. The SMILES string of the molecule is CC1C=C(O)C=C2OC(c3ccc(O)cc3)=CC=C21. The number of aliphatic hydroxyl groups excluding tert-OH is 1. The van der Waals surface area contributed by atoms with Gasteiger partial charge in [-0.2, -0.15) is 0 Å². The van der Waals surface area contributed by atoms with E-state index in [0.717, 1.165) is 11.1 Å². The molecule has 1 aliphatic carbocycles. The van der Waals surface area contributed by atoms with Crippen LogP contribution in [-0.4, -0.2) is 10.2 Å². The third kappa shape index (κ3) is 2.15. The summed E-state index contributed by atoms with van der Waals surface area (Å²) in [7, 11) is 0. The zero-order valence-corrected chi connectivity index (χ0v) is 10.5. The molecule has 1 aromatic rings. The van der Waals surface area contributed by atoms with Crippen LogP contribution >= 0.6 is 0 Å². The van der Waals surface area contributed by atoms with E-state index in [0.29, 0.717) is 11.5 Å². The fraction of sp³-hybridized carbons (Fsp3) is 0.125. The van der Waals surface area contributed by atoms with Gasteiger partial charge in [0.2, 0.25) is 0 Å². The molecule has 3 nitrogen and oxygen atoms in total. The topological polar surface area (TPSA) is 49.7 Å². The largest absolute Gasteiger partial charge is 0.508 e. The van der Waals surface area contributed by atoms with E-state index in [-0.39, 0.29) is 17.4 Å². The maximum Gasteiger partial charge on any atom is 0.134 e. The fourth-order valence-corrected chi connectivity index (χ4v) is 2.26. The van der Waals surface area contributed by atoms with E-state index in [4.69, 9.17) is 4.74 Å². The molecule has 0 spiro atoms. The zero-order chi connectivity index (χ0) is 13.4. The van der Waals surface area contributed by atoms with Gasteiger partial charge in [-0.25, -0.2) is 0 Å². The van der Waals surface area contributed by atoms with Crippen LogP contribution in [0.4, 0.5) is 0 Å². The lowest BCUT2D eigenvalue weighted by Gasteiger charge is -2.25. The van der Waals surface area contributed by atoms with Crippen LogP contribution in [0.2, 0.25) is 0 Å². The fourth-order valence-electron chi connectivity index (χ4n) is 2.26. The average molecular weight is 254 g/mol. The highest BCUT2D eigenvalue weighted by atomic mass is 16.5. The Kier molecular flexibility index (Phi) is 2.67. The number of aliphatic hydroxyl groups is 1. The van der Waals surface area contributed by atoms with E-state index in [1.807, 2.05) is 19.1 Å². The first-order chi connectivity index (χ1) is 9.13. The summed E-state index contributed by atoms with van der Waals surface area (Å²) in [6.45, 7) is 2.01. The number of phenolic OH excluding ortho intramolecular Hbond substituents is 1. The van der Waals surface area contributed by atoms with E-state index < -0.39 is 0 Å². The van der Waals surface area contributed by atoms with Gasteiger partial charge in [0.05, 0.1) is 0 Å². The summed E-state index contributed by atoms with van der Waals surface area (Å²) in [6, 6.07) is 6.83.